The van der Waals surface area contributed by atoms with Crippen LogP contribution in [0.4, 0.5) is 0 Å². The number of aliphatic hydroxyl groups excluding tert-OH is 1. The highest BCUT2D eigenvalue weighted by atomic mass is 16.5. The van der Waals surface area contributed by atoms with Gasteiger partial charge in [-0.2, -0.15) is 0 Å². The number of Topliss-reactive ketones (excluding diaryl/α,β-unsaturated/α-hetero) is 1. The number of allylic oxidation sites excluding steroid dienone is 5. The molecule has 1 fully saturated rings. The lowest BCUT2D eigenvalue weighted by atomic mass is 9.88. The van der Waals surface area contributed by atoms with Gasteiger partial charge in [-0.05, 0) is 53.4 Å². The highest BCUT2D eigenvalue weighted by Crippen LogP contribution is 2.34. The fraction of sp³-hybridized carbons (Fsp3) is 0.600. The second-order valence-electron chi connectivity index (χ2n) is 8.59. The number of esters is 1. The second-order valence-corrected chi connectivity index (χ2v) is 8.59. The van der Waals surface area contributed by atoms with E-state index in [9.17, 15) is 19.8 Å². The SMILES string of the molecule is COC(=O)CC/C=C\CC[C@H]1C(=O)C[C@@H](O)[C@@H]1/C=C/C[C@@](C)(O)/C=C/C(C)=C(C)C. The van der Waals surface area contributed by atoms with E-state index in [0.29, 0.717) is 25.7 Å². The Labute approximate surface area is 181 Å². The van der Waals surface area contributed by atoms with Crippen molar-refractivity contribution in [2.24, 2.45) is 11.8 Å². The summed E-state index contributed by atoms with van der Waals surface area (Å²) >= 11 is 0. The summed E-state index contributed by atoms with van der Waals surface area (Å²) in [7, 11) is 1.37. The van der Waals surface area contributed by atoms with E-state index in [1.54, 1.807) is 13.0 Å². The van der Waals surface area contributed by atoms with E-state index in [0.717, 1.165) is 12.0 Å². The highest BCUT2D eigenvalue weighted by molar-refractivity contribution is 5.84. The quantitative estimate of drug-likeness (QED) is 0.294. The number of aliphatic hydroxyl groups is 2. The zero-order valence-corrected chi connectivity index (χ0v) is 19.1. The van der Waals surface area contributed by atoms with Crippen LogP contribution in [0.5, 0.6) is 0 Å². The molecule has 0 aliphatic heterocycles. The molecule has 1 aliphatic carbocycles. The fourth-order valence-electron chi connectivity index (χ4n) is 3.41. The van der Waals surface area contributed by atoms with Crippen molar-refractivity contribution in [3.8, 4) is 0 Å². The van der Waals surface area contributed by atoms with Gasteiger partial charge in [0, 0.05) is 24.7 Å². The maximum Gasteiger partial charge on any atom is 0.305 e. The van der Waals surface area contributed by atoms with Crippen LogP contribution in [0.2, 0.25) is 0 Å². The minimum Gasteiger partial charge on any atom is -0.469 e. The minimum absolute atomic E-state index is 0.0888. The Hall–Kier alpha value is -1.98. The number of carbonyl (C=O) groups is 2. The Morgan fingerprint density at radius 2 is 1.87 bits per heavy atom. The number of hydrogen-bond donors (Lipinski definition) is 2. The Balaban J connectivity index is 2.61. The van der Waals surface area contributed by atoms with Gasteiger partial charge in [0.15, 0.2) is 0 Å². The third-order valence-corrected chi connectivity index (χ3v) is 5.66. The van der Waals surface area contributed by atoms with Crippen molar-refractivity contribution < 1.29 is 24.5 Å². The number of ketones is 1. The Kier molecular flexibility index (Phi) is 11.0. The van der Waals surface area contributed by atoms with Gasteiger partial charge in [0.25, 0.3) is 0 Å². The maximum atomic E-state index is 12.3. The van der Waals surface area contributed by atoms with Crippen molar-refractivity contribution >= 4 is 11.8 Å². The van der Waals surface area contributed by atoms with Crippen LogP contribution in [0.25, 0.3) is 0 Å². The normalized spacial score (nSPS) is 24.1. The van der Waals surface area contributed by atoms with E-state index in [1.165, 1.54) is 12.7 Å². The molecule has 0 aromatic rings. The average Bonchev–Trinajstić information content (AvgIpc) is 2.95. The van der Waals surface area contributed by atoms with Crippen LogP contribution in [0.15, 0.2) is 47.6 Å². The second kappa shape index (κ2) is 12.7. The Bertz CT molecular complexity index is 692. The molecule has 0 aromatic heterocycles. The van der Waals surface area contributed by atoms with Crippen molar-refractivity contribution in [1.29, 1.82) is 0 Å². The minimum atomic E-state index is -0.987. The van der Waals surface area contributed by atoms with Crippen LogP contribution < -0.4 is 0 Å². The first-order chi connectivity index (χ1) is 14.1. The summed E-state index contributed by atoms with van der Waals surface area (Å²) in [6.07, 6.45) is 13.6. The number of carbonyl (C=O) groups excluding carboxylic acids is 2. The molecule has 5 nitrogen and oxygen atoms in total. The highest BCUT2D eigenvalue weighted by Gasteiger charge is 2.39. The summed E-state index contributed by atoms with van der Waals surface area (Å²) in [5.74, 6) is -0.582. The molecule has 168 valence electrons. The lowest BCUT2D eigenvalue weighted by molar-refractivity contribution is -0.140. The molecule has 0 amide bonds. The number of methoxy groups -OCH3 is 1. The molecule has 30 heavy (non-hydrogen) atoms. The molecule has 0 bridgehead atoms. The van der Waals surface area contributed by atoms with Crippen LogP contribution in [-0.2, 0) is 14.3 Å². The molecule has 1 aliphatic rings. The molecule has 0 spiro atoms. The smallest absolute Gasteiger partial charge is 0.305 e. The van der Waals surface area contributed by atoms with Crippen LogP contribution >= 0.6 is 0 Å². The largest absolute Gasteiger partial charge is 0.469 e. The van der Waals surface area contributed by atoms with E-state index in [1.807, 2.05) is 51.2 Å². The molecular weight excluding hydrogens is 380 g/mol. The van der Waals surface area contributed by atoms with Crippen LogP contribution in [0.3, 0.4) is 0 Å². The van der Waals surface area contributed by atoms with Gasteiger partial charge in [-0.15, -0.1) is 0 Å². The molecule has 1 rings (SSSR count). The lowest BCUT2D eigenvalue weighted by Gasteiger charge is -2.19. The first-order valence-corrected chi connectivity index (χ1v) is 10.7. The summed E-state index contributed by atoms with van der Waals surface area (Å²) in [6.45, 7) is 7.81. The van der Waals surface area contributed by atoms with Gasteiger partial charge >= 0.3 is 5.97 Å². The molecular formula is C25H38O5. The summed E-state index contributed by atoms with van der Waals surface area (Å²) in [4.78, 5) is 23.4. The third-order valence-electron chi connectivity index (χ3n) is 5.66. The molecule has 2 N–H and O–H groups in total. The Morgan fingerprint density at radius 3 is 2.50 bits per heavy atom. The first kappa shape index (κ1) is 26.1. The first-order valence-electron chi connectivity index (χ1n) is 10.7. The standard InChI is InChI=1S/C25H38O5/c1-18(2)19(3)14-16-25(4,29)15-10-12-21-20(22(26)17-23(21)27)11-8-6-7-9-13-24(28)30-5/h6-7,10,12,14,16,20-21,23,27,29H,8-9,11,13,15,17H2,1-5H3/b7-6-,12-10+,16-14+/t20-,21-,23-,25-/m1/s1. The van der Waals surface area contributed by atoms with Crippen molar-refractivity contribution in [3.63, 3.8) is 0 Å². The molecule has 0 aromatic carbocycles. The van der Waals surface area contributed by atoms with Crippen LogP contribution in [0, 0.1) is 11.8 Å². The van der Waals surface area contributed by atoms with Crippen molar-refractivity contribution in [1.82, 2.24) is 0 Å². The molecule has 0 heterocycles. The lowest BCUT2D eigenvalue weighted by Crippen LogP contribution is -2.21. The van der Waals surface area contributed by atoms with Crippen molar-refractivity contribution in [2.75, 3.05) is 7.11 Å². The van der Waals surface area contributed by atoms with E-state index in [2.05, 4.69) is 4.74 Å². The summed E-state index contributed by atoms with van der Waals surface area (Å²) in [5, 5.41) is 20.9. The molecule has 0 unspecified atom stereocenters. The predicted molar refractivity (Wildman–Crippen MR) is 120 cm³/mol. The third kappa shape index (κ3) is 9.23. The molecule has 4 atom stereocenters. The number of hydrogen-bond acceptors (Lipinski definition) is 5. The zero-order valence-electron chi connectivity index (χ0n) is 19.1. The van der Waals surface area contributed by atoms with Crippen LogP contribution in [-0.4, -0.2) is 40.8 Å². The molecule has 0 radical (unpaired) electrons. The Morgan fingerprint density at radius 1 is 1.20 bits per heavy atom. The van der Waals surface area contributed by atoms with E-state index < -0.39 is 11.7 Å². The number of ether oxygens (including phenoxy) is 1. The summed E-state index contributed by atoms with van der Waals surface area (Å²) in [5.41, 5.74) is 1.33. The monoisotopic (exact) mass is 418 g/mol. The van der Waals surface area contributed by atoms with Gasteiger partial charge < -0.3 is 14.9 Å². The van der Waals surface area contributed by atoms with Gasteiger partial charge in [-0.3, -0.25) is 9.59 Å². The van der Waals surface area contributed by atoms with Gasteiger partial charge in [0.1, 0.15) is 5.78 Å². The van der Waals surface area contributed by atoms with Gasteiger partial charge in [-0.1, -0.05) is 47.6 Å². The average molecular weight is 419 g/mol. The molecule has 1 saturated carbocycles. The van der Waals surface area contributed by atoms with E-state index in [4.69, 9.17) is 0 Å². The van der Waals surface area contributed by atoms with E-state index >= 15 is 0 Å². The summed E-state index contributed by atoms with van der Waals surface area (Å²) in [6, 6.07) is 0. The molecule has 5 heteroatoms. The van der Waals surface area contributed by atoms with Crippen LogP contribution in [0.1, 0.15) is 66.2 Å². The maximum absolute atomic E-state index is 12.3. The van der Waals surface area contributed by atoms with E-state index in [-0.39, 0.29) is 30.0 Å². The molecule has 0 saturated heterocycles. The van der Waals surface area contributed by atoms with Gasteiger partial charge in [0.05, 0.1) is 18.8 Å². The number of rotatable bonds is 11. The predicted octanol–water partition coefficient (Wildman–Crippen LogP) is 4.45. The zero-order chi connectivity index (χ0) is 22.7. The van der Waals surface area contributed by atoms with Gasteiger partial charge in [-0.25, -0.2) is 0 Å². The van der Waals surface area contributed by atoms with Gasteiger partial charge in [0.2, 0.25) is 0 Å². The van der Waals surface area contributed by atoms with Crippen molar-refractivity contribution in [3.05, 3.63) is 47.6 Å². The topological polar surface area (TPSA) is 83.8 Å². The van der Waals surface area contributed by atoms with Crippen molar-refractivity contribution in [2.45, 2.75) is 77.9 Å². The fourth-order valence-corrected chi connectivity index (χ4v) is 3.41. The summed E-state index contributed by atoms with van der Waals surface area (Å²) < 4.78 is 4.60.